The van der Waals surface area contributed by atoms with E-state index < -0.39 is 0 Å². The molecular formula is C8H14O3. The van der Waals surface area contributed by atoms with Crippen LogP contribution in [0.4, 0.5) is 0 Å². The van der Waals surface area contributed by atoms with Crippen LogP contribution in [-0.4, -0.2) is 18.9 Å². The first-order valence-corrected chi connectivity index (χ1v) is 3.57. The maximum absolute atomic E-state index is 10.4. The van der Waals surface area contributed by atoms with Gasteiger partial charge in [-0.3, -0.25) is 4.79 Å². The Balaban J connectivity index is 3.53. The molecule has 0 saturated carbocycles. The van der Waals surface area contributed by atoms with E-state index in [9.17, 15) is 9.59 Å². The van der Waals surface area contributed by atoms with Gasteiger partial charge in [-0.1, -0.05) is 13.8 Å². The minimum absolute atomic E-state index is 0.299. The summed E-state index contributed by atoms with van der Waals surface area (Å²) in [5, 5.41) is 0. The molecule has 0 radical (unpaired) electrons. The Morgan fingerprint density at radius 1 is 1.55 bits per heavy atom. The Morgan fingerprint density at radius 3 is 2.45 bits per heavy atom. The summed E-state index contributed by atoms with van der Waals surface area (Å²) in [6.45, 7) is 5.29. The third-order valence-electron chi connectivity index (χ3n) is 1.37. The minimum Gasteiger partial charge on any atom is -0.466 e. The molecule has 0 aromatic rings. The van der Waals surface area contributed by atoms with E-state index in [1.54, 1.807) is 0 Å². The van der Waals surface area contributed by atoms with Gasteiger partial charge < -0.3 is 9.53 Å². The Kier molecular flexibility index (Phi) is 3.79. The molecule has 0 aliphatic carbocycles. The summed E-state index contributed by atoms with van der Waals surface area (Å²) < 4.78 is 4.68. The Labute approximate surface area is 66.7 Å². The molecule has 0 aliphatic rings. The van der Waals surface area contributed by atoms with Crippen molar-refractivity contribution in [1.29, 1.82) is 0 Å². The molecule has 0 spiro atoms. The smallest absolute Gasteiger partial charge is 0.302 e. The lowest BCUT2D eigenvalue weighted by atomic mass is 9.92. The Hall–Kier alpha value is -0.860. The number of aldehydes is 1. The molecule has 0 heterocycles. The first kappa shape index (κ1) is 10.1. The summed E-state index contributed by atoms with van der Waals surface area (Å²) >= 11 is 0. The van der Waals surface area contributed by atoms with E-state index in [2.05, 4.69) is 4.74 Å². The van der Waals surface area contributed by atoms with Crippen LogP contribution < -0.4 is 0 Å². The molecule has 3 heteroatoms. The van der Waals surface area contributed by atoms with Crippen LogP contribution in [0.3, 0.4) is 0 Å². The molecule has 0 saturated heterocycles. The van der Waals surface area contributed by atoms with E-state index in [0.717, 1.165) is 6.29 Å². The van der Waals surface area contributed by atoms with Crippen molar-refractivity contribution in [1.82, 2.24) is 0 Å². The molecule has 64 valence electrons. The molecule has 0 atom stereocenters. The van der Waals surface area contributed by atoms with E-state index in [-0.39, 0.29) is 11.4 Å². The minimum atomic E-state index is -0.380. The van der Waals surface area contributed by atoms with Gasteiger partial charge in [0, 0.05) is 12.3 Å². The van der Waals surface area contributed by atoms with Gasteiger partial charge >= 0.3 is 5.97 Å². The lowest BCUT2D eigenvalue weighted by Gasteiger charge is -2.15. The van der Waals surface area contributed by atoms with E-state index in [4.69, 9.17) is 0 Å². The number of carbonyl (C=O) groups is 2. The SMILES string of the molecule is CC(=O)OCCC(C)(C)C=O. The van der Waals surface area contributed by atoms with Crippen molar-refractivity contribution in [2.24, 2.45) is 5.41 Å². The number of hydrogen-bond acceptors (Lipinski definition) is 3. The summed E-state index contributed by atoms with van der Waals surface area (Å²) in [6, 6.07) is 0. The highest BCUT2D eigenvalue weighted by Crippen LogP contribution is 2.15. The highest BCUT2D eigenvalue weighted by atomic mass is 16.5. The molecular weight excluding hydrogens is 144 g/mol. The molecule has 3 nitrogen and oxygen atoms in total. The average Bonchev–Trinajstić information content (AvgIpc) is 1.87. The molecule has 0 aromatic heterocycles. The van der Waals surface area contributed by atoms with Crippen LogP contribution in [0.15, 0.2) is 0 Å². The molecule has 0 amide bonds. The maximum atomic E-state index is 10.4. The predicted molar refractivity (Wildman–Crippen MR) is 41.1 cm³/mol. The summed E-state index contributed by atoms with van der Waals surface area (Å²) in [7, 11) is 0. The molecule has 0 unspecified atom stereocenters. The monoisotopic (exact) mass is 158 g/mol. The van der Waals surface area contributed by atoms with E-state index in [0.29, 0.717) is 13.0 Å². The molecule has 0 bridgehead atoms. The molecule has 0 rings (SSSR count). The van der Waals surface area contributed by atoms with Gasteiger partial charge in [-0.2, -0.15) is 0 Å². The zero-order valence-corrected chi connectivity index (χ0v) is 7.22. The van der Waals surface area contributed by atoms with Crippen LogP contribution >= 0.6 is 0 Å². The fraction of sp³-hybridized carbons (Fsp3) is 0.750. The van der Waals surface area contributed by atoms with Gasteiger partial charge in [-0.25, -0.2) is 0 Å². The van der Waals surface area contributed by atoms with Crippen molar-refractivity contribution < 1.29 is 14.3 Å². The molecule has 0 aromatic carbocycles. The van der Waals surface area contributed by atoms with Crippen molar-refractivity contribution in [3.8, 4) is 0 Å². The van der Waals surface area contributed by atoms with E-state index in [1.165, 1.54) is 6.92 Å². The topological polar surface area (TPSA) is 43.4 Å². The van der Waals surface area contributed by atoms with Crippen LogP contribution in [0.5, 0.6) is 0 Å². The first-order chi connectivity index (χ1) is 4.98. The van der Waals surface area contributed by atoms with Crippen molar-refractivity contribution in [2.45, 2.75) is 27.2 Å². The second kappa shape index (κ2) is 4.11. The maximum Gasteiger partial charge on any atom is 0.302 e. The zero-order chi connectivity index (χ0) is 8.91. The van der Waals surface area contributed by atoms with Gasteiger partial charge in [0.1, 0.15) is 6.29 Å². The lowest BCUT2D eigenvalue weighted by molar-refractivity contribution is -0.142. The summed E-state index contributed by atoms with van der Waals surface area (Å²) in [4.78, 5) is 20.7. The van der Waals surface area contributed by atoms with Crippen molar-refractivity contribution in [2.75, 3.05) is 6.61 Å². The van der Waals surface area contributed by atoms with Crippen LogP contribution in [0.1, 0.15) is 27.2 Å². The van der Waals surface area contributed by atoms with Crippen molar-refractivity contribution in [3.63, 3.8) is 0 Å². The summed E-state index contributed by atoms with van der Waals surface area (Å²) in [6.07, 6.45) is 1.45. The number of ether oxygens (including phenoxy) is 1. The summed E-state index contributed by atoms with van der Waals surface area (Å²) in [5.74, 6) is -0.299. The fourth-order valence-electron chi connectivity index (χ4n) is 0.517. The summed E-state index contributed by atoms with van der Waals surface area (Å²) in [5.41, 5.74) is -0.380. The van der Waals surface area contributed by atoms with Crippen LogP contribution in [0, 0.1) is 5.41 Å². The molecule has 0 N–H and O–H groups in total. The predicted octanol–water partition coefficient (Wildman–Crippen LogP) is 1.16. The molecule has 0 fully saturated rings. The van der Waals surface area contributed by atoms with Gasteiger partial charge in [-0.15, -0.1) is 0 Å². The standard InChI is InChI=1S/C8H14O3/c1-7(10)11-5-4-8(2,3)6-9/h6H,4-5H2,1-3H3. The third kappa shape index (κ3) is 5.58. The number of carbonyl (C=O) groups excluding carboxylic acids is 2. The van der Waals surface area contributed by atoms with Gasteiger partial charge in [-0.05, 0) is 6.42 Å². The Bertz CT molecular complexity index is 149. The number of hydrogen-bond donors (Lipinski definition) is 0. The molecule has 0 aliphatic heterocycles. The molecule has 11 heavy (non-hydrogen) atoms. The Morgan fingerprint density at radius 2 is 2.09 bits per heavy atom. The quantitative estimate of drug-likeness (QED) is 0.455. The van der Waals surface area contributed by atoms with Crippen LogP contribution in [0.2, 0.25) is 0 Å². The van der Waals surface area contributed by atoms with Crippen molar-refractivity contribution >= 4 is 12.3 Å². The van der Waals surface area contributed by atoms with E-state index >= 15 is 0 Å². The van der Waals surface area contributed by atoms with E-state index in [1.807, 2.05) is 13.8 Å². The third-order valence-corrected chi connectivity index (χ3v) is 1.37. The first-order valence-electron chi connectivity index (χ1n) is 3.57. The number of esters is 1. The highest BCUT2D eigenvalue weighted by molar-refractivity contribution is 5.66. The van der Waals surface area contributed by atoms with Gasteiger partial charge in [0.2, 0.25) is 0 Å². The van der Waals surface area contributed by atoms with Gasteiger partial charge in [0.15, 0.2) is 0 Å². The van der Waals surface area contributed by atoms with Crippen LogP contribution in [-0.2, 0) is 14.3 Å². The normalized spacial score (nSPS) is 10.8. The average molecular weight is 158 g/mol. The second-order valence-corrected chi connectivity index (χ2v) is 3.20. The van der Waals surface area contributed by atoms with Gasteiger partial charge in [0.25, 0.3) is 0 Å². The zero-order valence-electron chi connectivity index (χ0n) is 7.22. The highest BCUT2D eigenvalue weighted by Gasteiger charge is 2.16. The fourth-order valence-corrected chi connectivity index (χ4v) is 0.517. The second-order valence-electron chi connectivity index (χ2n) is 3.20. The largest absolute Gasteiger partial charge is 0.466 e. The van der Waals surface area contributed by atoms with Crippen molar-refractivity contribution in [3.05, 3.63) is 0 Å². The van der Waals surface area contributed by atoms with Gasteiger partial charge in [0.05, 0.1) is 6.61 Å². The lowest BCUT2D eigenvalue weighted by Crippen LogP contribution is -2.16. The van der Waals surface area contributed by atoms with Crippen LogP contribution in [0.25, 0.3) is 0 Å². The number of rotatable bonds is 4.